The van der Waals surface area contributed by atoms with Crippen molar-refractivity contribution in [3.8, 4) is 0 Å². The van der Waals surface area contributed by atoms with Gasteiger partial charge in [-0.2, -0.15) is 0 Å². The Balaban J connectivity index is 2.91. The Labute approximate surface area is 118 Å². The number of nitro benzene ring substituents is 1. The van der Waals surface area contributed by atoms with Crippen molar-refractivity contribution in [2.24, 2.45) is 0 Å². The maximum absolute atomic E-state index is 11.8. The number of para-hydroxylation sites is 1. The lowest BCUT2D eigenvalue weighted by Crippen LogP contribution is -2.38. The number of nitro groups is 1. The SMILES string of the molecule is COC(CNC(=O)c1cccc(Cl)c1[N+](=O)[O-])C(=O)O. The molecule has 0 aliphatic heterocycles. The van der Waals surface area contributed by atoms with E-state index in [2.05, 4.69) is 10.1 Å². The first-order chi connectivity index (χ1) is 9.38. The molecule has 0 fully saturated rings. The molecule has 0 aliphatic rings. The molecule has 0 spiro atoms. The quantitative estimate of drug-likeness (QED) is 0.599. The Morgan fingerprint density at radius 1 is 1.55 bits per heavy atom. The summed E-state index contributed by atoms with van der Waals surface area (Å²) in [6, 6.07) is 3.89. The molecule has 1 aromatic rings. The molecule has 8 nitrogen and oxygen atoms in total. The van der Waals surface area contributed by atoms with Crippen LogP contribution in [0, 0.1) is 10.1 Å². The van der Waals surface area contributed by atoms with Gasteiger partial charge in [0.2, 0.25) is 0 Å². The Hall–Kier alpha value is -2.19. The number of aliphatic carboxylic acids is 1. The highest BCUT2D eigenvalue weighted by Crippen LogP contribution is 2.27. The number of carbonyl (C=O) groups is 2. The van der Waals surface area contributed by atoms with E-state index in [-0.39, 0.29) is 17.1 Å². The Bertz CT molecular complexity index is 548. The van der Waals surface area contributed by atoms with Crippen LogP contribution in [0.25, 0.3) is 0 Å². The maximum atomic E-state index is 11.8. The molecule has 9 heteroatoms. The number of amides is 1. The number of halogens is 1. The van der Waals surface area contributed by atoms with Crippen LogP contribution in [0.2, 0.25) is 5.02 Å². The fraction of sp³-hybridized carbons (Fsp3) is 0.273. The largest absolute Gasteiger partial charge is 0.479 e. The predicted molar refractivity (Wildman–Crippen MR) is 68.9 cm³/mol. The van der Waals surface area contributed by atoms with Crippen LogP contribution >= 0.6 is 11.6 Å². The van der Waals surface area contributed by atoms with Crippen LogP contribution in [-0.2, 0) is 9.53 Å². The lowest BCUT2D eigenvalue weighted by Gasteiger charge is -2.11. The highest BCUT2D eigenvalue weighted by atomic mass is 35.5. The minimum absolute atomic E-state index is 0.177. The monoisotopic (exact) mass is 302 g/mol. The van der Waals surface area contributed by atoms with E-state index in [0.29, 0.717) is 0 Å². The summed E-state index contributed by atoms with van der Waals surface area (Å²) >= 11 is 5.67. The minimum atomic E-state index is -1.26. The lowest BCUT2D eigenvalue weighted by molar-refractivity contribution is -0.385. The summed E-state index contributed by atoms with van der Waals surface area (Å²) in [5.74, 6) is -2.06. The summed E-state index contributed by atoms with van der Waals surface area (Å²) in [6.07, 6.45) is -1.24. The van der Waals surface area contributed by atoms with Crippen LogP contribution in [-0.4, -0.2) is 41.7 Å². The second-order valence-corrected chi connectivity index (χ2v) is 4.07. The number of methoxy groups -OCH3 is 1. The normalized spacial score (nSPS) is 11.7. The minimum Gasteiger partial charge on any atom is -0.479 e. The molecular weight excluding hydrogens is 292 g/mol. The van der Waals surface area contributed by atoms with Crippen molar-refractivity contribution in [3.63, 3.8) is 0 Å². The smallest absolute Gasteiger partial charge is 0.334 e. The summed E-state index contributed by atoms with van der Waals surface area (Å²) in [7, 11) is 1.17. The lowest BCUT2D eigenvalue weighted by atomic mass is 10.1. The summed E-state index contributed by atoms with van der Waals surface area (Å²) in [5, 5.41) is 21.7. The Kier molecular flexibility index (Phi) is 5.42. The number of nitrogens with zero attached hydrogens (tertiary/aromatic N) is 1. The molecule has 0 radical (unpaired) electrons. The Morgan fingerprint density at radius 2 is 2.20 bits per heavy atom. The fourth-order valence-electron chi connectivity index (χ4n) is 1.44. The Morgan fingerprint density at radius 3 is 2.70 bits per heavy atom. The van der Waals surface area contributed by atoms with E-state index in [9.17, 15) is 19.7 Å². The van der Waals surface area contributed by atoms with Crippen molar-refractivity contribution in [2.75, 3.05) is 13.7 Å². The van der Waals surface area contributed by atoms with Crippen LogP contribution in [0.3, 0.4) is 0 Å². The number of rotatable bonds is 6. The van der Waals surface area contributed by atoms with Gasteiger partial charge in [0.1, 0.15) is 10.6 Å². The fourth-order valence-corrected chi connectivity index (χ4v) is 1.68. The van der Waals surface area contributed by atoms with Gasteiger partial charge in [0.05, 0.1) is 11.5 Å². The van der Waals surface area contributed by atoms with E-state index in [1.165, 1.54) is 25.3 Å². The van der Waals surface area contributed by atoms with Crippen molar-refractivity contribution >= 4 is 29.2 Å². The molecule has 1 rings (SSSR count). The summed E-state index contributed by atoms with van der Waals surface area (Å²) in [4.78, 5) is 32.6. The van der Waals surface area contributed by atoms with Crippen molar-refractivity contribution in [2.45, 2.75) is 6.10 Å². The maximum Gasteiger partial charge on any atom is 0.334 e. The van der Waals surface area contributed by atoms with Crippen molar-refractivity contribution in [1.29, 1.82) is 0 Å². The number of carbonyl (C=O) groups excluding carboxylic acids is 1. The number of carboxylic acids is 1. The third-order valence-corrected chi connectivity index (χ3v) is 2.73. The van der Waals surface area contributed by atoms with Gasteiger partial charge < -0.3 is 15.2 Å². The van der Waals surface area contributed by atoms with E-state index in [0.717, 1.165) is 0 Å². The number of benzene rings is 1. The van der Waals surface area contributed by atoms with Crippen molar-refractivity contribution in [3.05, 3.63) is 38.9 Å². The molecule has 0 saturated heterocycles. The highest BCUT2D eigenvalue weighted by molar-refractivity contribution is 6.33. The third kappa shape index (κ3) is 3.65. The van der Waals surface area contributed by atoms with E-state index >= 15 is 0 Å². The zero-order chi connectivity index (χ0) is 15.3. The van der Waals surface area contributed by atoms with E-state index < -0.39 is 28.6 Å². The van der Waals surface area contributed by atoms with Gasteiger partial charge in [0.25, 0.3) is 5.91 Å². The van der Waals surface area contributed by atoms with Gasteiger partial charge in [-0.25, -0.2) is 4.79 Å². The van der Waals surface area contributed by atoms with E-state index in [4.69, 9.17) is 16.7 Å². The second kappa shape index (κ2) is 6.83. The van der Waals surface area contributed by atoms with Crippen LogP contribution in [0.1, 0.15) is 10.4 Å². The first kappa shape index (κ1) is 15.9. The highest BCUT2D eigenvalue weighted by Gasteiger charge is 2.25. The van der Waals surface area contributed by atoms with Crippen LogP contribution < -0.4 is 5.32 Å². The molecule has 1 amide bonds. The van der Waals surface area contributed by atoms with Gasteiger partial charge in [0, 0.05) is 7.11 Å². The van der Waals surface area contributed by atoms with Gasteiger partial charge in [-0.3, -0.25) is 14.9 Å². The number of hydrogen-bond donors (Lipinski definition) is 2. The topological polar surface area (TPSA) is 119 Å². The van der Waals surface area contributed by atoms with E-state index in [1.807, 2.05) is 0 Å². The molecule has 1 unspecified atom stereocenters. The van der Waals surface area contributed by atoms with Crippen LogP contribution in [0.4, 0.5) is 5.69 Å². The van der Waals surface area contributed by atoms with Gasteiger partial charge in [-0.1, -0.05) is 17.7 Å². The number of carboxylic acid groups (broad SMARTS) is 1. The summed E-state index contributed by atoms with van der Waals surface area (Å²) in [5.41, 5.74) is -0.779. The second-order valence-electron chi connectivity index (χ2n) is 3.67. The number of hydrogen-bond acceptors (Lipinski definition) is 5. The summed E-state index contributed by atoms with van der Waals surface area (Å²) in [6.45, 7) is -0.325. The molecule has 0 aromatic heterocycles. The zero-order valence-electron chi connectivity index (χ0n) is 10.3. The standard InChI is InChI=1S/C11H11ClN2O6/c1-20-8(11(16)17)5-13-10(15)6-3-2-4-7(12)9(6)14(18)19/h2-4,8H,5H2,1H3,(H,13,15)(H,16,17). The van der Waals surface area contributed by atoms with Crippen molar-refractivity contribution in [1.82, 2.24) is 5.32 Å². The molecule has 0 saturated carbocycles. The van der Waals surface area contributed by atoms with Crippen molar-refractivity contribution < 1.29 is 24.4 Å². The molecule has 2 N–H and O–H groups in total. The average molecular weight is 303 g/mol. The van der Waals surface area contributed by atoms with Gasteiger partial charge in [0.15, 0.2) is 6.10 Å². The van der Waals surface area contributed by atoms with Gasteiger partial charge in [-0.05, 0) is 12.1 Å². The van der Waals surface area contributed by atoms with Crippen LogP contribution in [0.5, 0.6) is 0 Å². The molecule has 0 aliphatic carbocycles. The van der Waals surface area contributed by atoms with Gasteiger partial charge in [-0.15, -0.1) is 0 Å². The number of nitrogens with one attached hydrogen (secondary N) is 1. The number of ether oxygens (including phenoxy) is 1. The molecule has 0 bridgehead atoms. The van der Waals surface area contributed by atoms with E-state index in [1.54, 1.807) is 0 Å². The average Bonchev–Trinajstić information content (AvgIpc) is 2.37. The first-order valence-corrected chi connectivity index (χ1v) is 5.73. The molecule has 1 aromatic carbocycles. The molecule has 1 atom stereocenters. The third-order valence-electron chi connectivity index (χ3n) is 2.42. The molecule has 0 heterocycles. The van der Waals surface area contributed by atoms with Crippen LogP contribution in [0.15, 0.2) is 18.2 Å². The predicted octanol–water partition coefficient (Wildman–Crippen LogP) is 1.08. The zero-order valence-corrected chi connectivity index (χ0v) is 11.1. The van der Waals surface area contributed by atoms with Gasteiger partial charge >= 0.3 is 11.7 Å². The first-order valence-electron chi connectivity index (χ1n) is 5.35. The molecule has 20 heavy (non-hydrogen) atoms. The molecule has 108 valence electrons. The molecular formula is C11H11ClN2O6. The summed E-state index contributed by atoms with van der Waals surface area (Å²) < 4.78 is 4.63.